The lowest BCUT2D eigenvalue weighted by molar-refractivity contribution is 0.171. The lowest BCUT2D eigenvalue weighted by Crippen LogP contribution is -2.33. The summed E-state index contributed by atoms with van der Waals surface area (Å²) in [5.74, 6) is 1.90. The minimum atomic E-state index is 0.789. The normalized spacial score (nSPS) is 30.8. The molecule has 1 atom stereocenters. The lowest BCUT2D eigenvalue weighted by Gasteiger charge is -2.32. The van der Waals surface area contributed by atoms with E-state index in [2.05, 4.69) is 25.8 Å². The molecule has 0 spiro atoms. The average Bonchev–Trinajstić information content (AvgIpc) is 2.83. The summed E-state index contributed by atoms with van der Waals surface area (Å²) in [6.45, 7) is 7.45. The Kier molecular flexibility index (Phi) is 3.39. The molecule has 1 heteroatoms. The Balaban J connectivity index is 1.80. The van der Waals surface area contributed by atoms with E-state index in [1.165, 1.54) is 51.6 Å². The second-order valence-corrected chi connectivity index (χ2v) is 6.57. The van der Waals surface area contributed by atoms with Crippen LogP contribution in [0.3, 0.4) is 0 Å². The molecule has 0 amide bonds. The third-order valence-corrected chi connectivity index (χ3v) is 4.24. The molecule has 0 aromatic rings. The van der Waals surface area contributed by atoms with E-state index in [1.54, 1.807) is 0 Å². The fourth-order valence-electron chi connectivity index (χ4n) is 3.59. The van der Waals surface area contributed by atoms with E-state index in [1.807, 2.05) is 0 Å². The number of nitrogens with zero attached hydrogens (tertiary/aromatic N) is 1. The van der Waals surface area contributed by atoms with Crippen molar-refractivity contribution in [2.24, 2.45) is 17.3 Å². The maximum Gasteiger partial charge on any atom is 0.000682 e. The Hall–Kier alpha value is -0.0400. The predicted octanol–water partition coefficient (Wildman–Crippen LogP) is 3.54. The second-order valence-electron chi connectivity index (χ2n) is 6.57. The number of rotatable bonds is 4. The van der Waals surface area contributed by atoms with Crippen molar-refractivity contribution in [2.45, 2.75) is 52.4 Å². The standard InChI is InChI=1S/C14H27N/c1-12(2)9-14(6-7-14)10-13-5-4-8-15(3)11-13/h12-13H,4-11H2,1-3H3. The third kappa shape index (κ3) is 3.21. The molecule has 88 valence electrons. The van der Waals surface area contributed by atoms with Gasteiger partial charge in [0, 0.05) is 6.54 Å². The van der Waals surface area contributed by atoms with Crippen LogP contribution >= 0.6 is 0 Å². The Morgan fingerprint density at radius 1 is 1.33 bits per heavy atom. The van der Waals surface area contributed by atoms with Gasteiger partial charge in [0.05, 0.1) is 0 Å². The molecule has 1 saturated heterocycles. The zero-order chi connectivity index (χ0) is 10.9. The van der Waals surface area contributed by atoms with Crippen LogP contribution in [0.4, 0.5) is 0 Å². The molecule has 2 rings (SSSR count). The van der Waals surface area contributed by atoms with E-state index in [0.717, 1.165) is 17.3 Å². The first-order chi connectivity index (χ1) is 7.10. The van der Waals surface area contributed by atoms with Crippen molar-refractivity contribution >= 4 is 0 Å². The van der Waals surface area contributed by atoms with E-state index in [0.29, 0.717) is 0 Å². The van der Waals surface area contributed by atoms with Crippen LogP contribution in [0.1, 0.15) is 52.4 Å². The third-order valence-electron chi connectivity index (χ3n) is 4.24. The first-order valence-electron chi connectivity index (χ1n) is 6.78. The Bertz CT molecular complexity index is 205. The van der Waals surface area contributed by atoms with Crippen LogP contribution in [0.2, 0.25) is 0 Å². The van der Waals surface area contributed by atoms with Crippen LogP contribution in [-0.2, 0) is 0 Å². The van der Waals surface area contributed by atoms with Crippen LogP contribution in [0.5, 0.6) is 0 Å². The fourth-order valence-corrected chi connectivity index (χ4v) is 3.59. The number of hydrogen-bond acceptors (Lipinski definition) is 1. The number of piperidine rings is 1. The van der Waals surface area contributed by atoms with Crippen molar-refractivity contribution in [1.82, 2.24) is 4.90 Å². The van der Waals surface area contributed by atoms with Gasteiger partial charge in [-0.25, -0.2) is 0 Å². The SMILES string of the molecule is CC(C)CC1(CC2CCCN(C)C2)CC1. The van der Waals surface area contributed by atoms with Gasteiger partial charge in [0.2, 0.25) is 0 Å². The first kappa shape index (κ1) is 11.4. The van der Waals surface area contributed by atoms with Crippen LogP contribution in [-0.4, -0.2) is 25.0 Å². The van der Waals surface area contributed by atoms with Gasteiger partial charge in [0.15, 0.2) is 0 Å². The van der Waals surface area contributed by atoms with Gasteiger partial charge >= 0.3 is 0 Å². The summed E-state index contributed by atoms with van der Waals surface area (Å²) in [6.07, 6.45) is 8.96. The van der Waals surface area contributed by atoms with Crippen LogP contribution in [0, 0.1) is 17.3 Å². The van der Waals surface area contributed by atoms with Crippen LogP contribution in [0.15, 0.2) is 0 Å². The monoisotopic (exact) mass is 209 g/mol. The molecule has 1 aliphatic heterocycles. The lowest BCUT2D eigenvalue weighted by atomic mass is 9.82. The van der Waals surface area contributed by atoms with E-state index < -0.39 is 0 Å². The summed E-state index contributed by atoms with van der Waals surface area (Å²) < 4.78 is 0. The fraction of sp³-hybridized carbons (Fsp3) is 1.00. The van der Waals surface area contributed by atoms with Crippen molar-refractivity contribution in [3.05, 3.63) is 0 Å². The summed E-state index contributed by atoms with van der Waals surface area (Å²) in [4.78, 5) is 2.53. The van der Waals surface area contributed by atoms with Gasteiger partial charge in [-0.15, -0.1) is 0 Å². The largest absolute Gasteiger partial charge is 0.306 e. The summed E-state index contributed by atoms with van der Waals surface area (Å²) in [5.41, 5.74) is 0.789. The van der Waals surface area contributed by atoms with E-state index in [-0.39, 0.29) is 0 Å². The molecular weight excluding hydrogens is 182 g/mol. The average molecular weight is 209 g/mol. The van der Waals surface area contributed by atoms with Gasteiger partial charge in [0.25, 0.3) is 0 Å². The van der Waals surface area contributed by atoms with Crippen molar-refractivity contribution in [3.63, 3.8) is 0 Å². The molecule has 0 N–H and O–H groups in total. The summed E-state index contributed by atoms with van der Waals surface area (Å²) in [5, 5.41) is 0. The molecule has 0 aromatic heterocycles. The maximum absolute atomic E-state index is 2.53. The van der Waals surface area contributed by atoms with Gasteiger partial charge in [-0.3, -0.25) is 0 Å². The zero-order valence-corrected chi connectivity index (χ0v) is 10.8. The van der Waals surface area contributed by atoms with Crippen LogP contribution < -0.4 is 0 Å². The molecular formula is C14H27N. The topological polar surface area (TPSA) is 3.24 Å². The molecule has 1 nitrogen and oxygen atoms in total. The molecule has 1 heterocycles. The van der Waals surface area contributed by atoms with E-state index in [4.69, 9.17) is 0 Å². The minimum absolute atomic E-state index is 0.789. The molecule has 2 aliphatic rings. The van der Waals surface area contributed by atoms with Gasteiger partial charge in [-0.1, -0.05) is 13.8 Å². The number of likely N-dealkylation sites (tertiary alicyclic amines) is 1. The zero-order valence-electron chi connectivity index (χ0n) is 10.8. The van der Waals surface area contributed by atoms with Gasteiger partial charge in [0.1, 0.15) is 0 Å². The van der Waals surface area contributed by atoms with Gasteiger partial charge in [-0.05, 0) is 69.4 Å². The summed E-state index contributed by atoms with van der Waals surface area (Å²) in [7, 11) is 2.29. The Morgan fingerprint density at radius 2 is 2.07 bits per heavy atom. The molecule has 1 saturated carbocycles. The molecule has 1 aliphatic carbocycles. The highest BCUT2D eigenvalue weighted by Crippen LogP contribution is 2.55. The van der Waals surface area contributed by atoms with Crippen LogP contribution in [0.25, 0.3) is 0 Å². The molecule has 2 fully saturated rings. The van der Waals surface area contributed by atoms with Gasteiger partial charge < -0.3 is 4.90 Å². The highest BCUT2D eigenvalue weighted by Gasteiger charge is 2.44. The van der Waals surface area contributed by atoms with Crippen molar-refractivity contribution in [3.8, 4) is 0 Å². The summed E-state index contributed by atoms with van der Waals surface area (Å²) >= 11 is 0. The minimum Gasteiger partial charge on any atom is -0.306 e. The smallest absolute Gasteiger partial charge is 0.000682 e. The first-order valence-corrected chi connectivity index (χ1v) is 6.78. The predicted molar refractivity (Wildman–Crippen MR) is 66.0 cm³/mol. The Morgan fingerprint density at radius 3 is 2.60 bits per heavy atom. The highest BCUT2D eigenvalue weighted by atomic mass is 15.1. The van der Waals surface area contributed by atoms with E-state index in [9.17, 15) is 0 Å². The second kappa shape index (κ2) is 4.45. The van der Waals surface area contributed by atoms with Crippen molar-refractivity contribution in [1.29, 1.82) is 0 Å². The number of hydrogen-bond donors (Lipinski definition) is 0. The highest BCUT2D eigenvalue weighted by molar-refractivity contribution is 4.95. The quantitative estimate of drug-likeness (QED) is 0.684. The molecule has 0 aromatic carbocycles. The van der Waals surface area contributed by atoms with Gasteiger partial charge in [-0.2, -0.15) is 0 Å². The summed E-state index contributed by atoms with van der Waals surface area (Å²) in [6, 6.07) is 0. The molecule has 0 radical (unpaired) electrons. The van der Waals surface area contributed by atoms with E-state index >= 15 is 0 Å². The maximum atomic E-state index is 2.53. The Labute approximate surface area is 95.2 Å². The van der Waals surface area contributed by atoms with Crippen molar-refractivity contribution < 1.29 is 0 Å². The molecule has 0 bridgehead atoms. The molecule has 15 heavy (non-hydrogen) atoms. The van der Waals surface area contributed by atoms with Crippen molar-refractivity contribution in [2.75, 3.05) is 20.1 Å². The molecule has 1 unspecified atom stereocenters.